The Balaban J connectivity index is 1.29. The highest BCUT2D eigenvalue weighted by atomic mass is 19.1. The Labute approximate surface area is 210 Å². The van der Waals surface area contributed by atoms with Gasteiger partial charge in [-0.25, -0.2) is 18.4 Å². The van der Waals surface area contributed by atoms with Crippen LogP contribution in [0.1, 0.15) is 44.4 Å². The van der Waals surface area contributed by atoms with Crippen LogP contribution in [0.5, 0.6) is 5.75 Å². The highest BCUT2D eigenvalue weighted by Gasteiger charge is 2.31. The minimum Gasteiger partial charge on any atom is -0.482 e. The molecule has 37 heavy (non-hydrogen) atoms. The Morgan fingerprint density at radius 2 is 1.86 bits per heavy atom. The first-order valence-electron chi connectivity index (χ1n) is 11.8. The molecule has 2 N–H and O–H groups in total. The minimum absolute atomic E-state index is 0.0240. The normalized spacial score (nSPS) is 12.9. The first kappa shape index (κ1) is 24.3. The maximum absolute atomic E-state index is 14.7. The van der Waals surface area contributed by atoms with Crippen LogP contribution in [0.25, 0.3) is 0 Å². The monoisotopic (exact) mass is 507 g/mol. The van der Waals surface area contributed by atoms with Gasteiger partial charge in [-0.3, -0.25) is 9.59 Å². The van der Waals surface area contributed by atoms with E-state index in [2.05, 4.69) is 20.4 Å². The molecule has 9 nitrogen and oxygen atoms in total. The number of nitrogens with one attached hydrogen (secondary N) is 2. The maximum Gasteiger partial charge on any atom is 0.315 e. The number of nitrogens with zero attached hydrogens (tertiary/aromatic N) is 4. The molecule has 0 unspecified atom stereocenters. The summed E-state index contributed by atoms with van der Waals surface area (Å²) in [7, 11) is 0. The van der Waals surface area contributed by atoms with E-state index < -0.39 is 11.7 Å². The predicted molar refractivity (Wildman–Crippen MR) is 128 cm³/mol. The van der Waals surface area contributed by atoms with Crippen molar-refractivity contribution in [2.75, 3.05) is 6.54 Å². The molecule has 11 heteroatoms. The second-order valence-electron chi connectivity index (χ2n) is 8.95. The van der Waals surface area contributed by atoms with Gasteiger partial charge in [-0.1, -0.05) is 6.07 Å². The summed E-state index contributed by atoms with van der Waals surface area (Å²) in [6, 6.07) is 10.1. The summed E-state index contributed by atoms with van der Waals surface area (Å²) in [6.07, 6.45) is 0.349. The molecule has 2 aromatic heterocycles. The van der Waals surface area contributed by atoms with Crippen LogP contribution in [0.3, 0.4) is 0 Å². The van der Waals surface area contributed by atoms with E-state index in [1.165, 1.54) is 36.4 Å². The van der Waals surface area contributed by atoms with Gasteiger partial charge in [-0.05, 0) is 61.4 Å². The van der Waals surface area contributed by atoms with Crippen molar-refractivity contribution in [2.24, 2.45) is 0 Å². The lowest BCUT2D eigenvalue weighted by Gasteiger charge is -2.25. The number of halogens is 2. The van der Waals surface area contributed by atoms with E-state index in [1.807, 2.05) is 11.5 Å². The lowest BCUT2D eigenvalue weighted by molar-refractivity contribution is -0.718. The van der Waals surface area contributed by atoms with Crippen LogP contribution < -0.4 is 14.9 Å². The molecule has 0 atom stereocenters. The molecule has 1 aliphatic heterocycles. The molecule has 0 spiro atoms. The van der Waals surface area contributed by atoms with Crippen LogP contribution >= 0.6 is 0 Å². The summed E-state index contributed by atoms with van der Waals surface area (Å²) in [6.45, 7) is 4.76. The Kier molecular flexibility index (Phi) is 6.51. The molecular formula is C26H25F2N6O3+. The summed E-state index contributed by atoms with van der Waals surface area (Å²) in [5, 5.41) is 13.8. The molecule has 0 fully saturated rings. The number of rotatable bonds is 6. The fourth-order valence-electron chi connectivity index (χ4n) is 4.29. The van der Waals surface area contributed by atoms with Crippen LogP contribution in [-0.2, 0) is 26.1 Å². The van der Waals surface area contributed by atoms with E-state index in [4.69, 9.17) is 4.74 Å². The zero-order valence-corrected chi connectivity index (χ0v) is 20.3. The fourth-order valence-corrected chi connectivity index (χ4v) is 4.29. The highest BCUT2D eigenvalue weighted by molar-refractivity contribution is 5.94. The van der Waals surface area contributed by atoms with E-state index in [0.717, 1.165) is 5.56 Å². The zero-order valence-electron chi connectivity index (χ0n) is 20.3. The Morgan fingerprint density at radius 1 is 1.08 bits per heavy atom. The largest absolute Gasteiger partial charge is 0.482 e. The Hall–Kier alpha value is -4.41. The molecule has 3 heterocycles. The molecule has 0 aliphatic carbocycles. The molecule has 0 radical (unpaired) electrons. The molecule has 5 rings (SSSR count). The minimum atomic E-state index is -0.604. The average molecular weight is 508 g/mol. The second kappa shape index (κ2) is 9.92. The molecule has 190 valence electrons. The SMILES string of the molecule is Cc1c(Cc2ccc(F)c(C(=O)N3CC[n+]4c(COc5ccc(F)cc5)n[nH]c4C3)c2)n[nH]c(=O)c1C. The van der Waals surface area contributed by atoms with Gasteiger partial charge in [0.15, 0.2) is 6.61 Å². The van der Waals surface area contributed by atoms with Gasteiger partial charge in [0.1, 0.15) is 23.9 Å². The Morgan fingerprint density at radius 3 is 2.65 bits per heavy atom. The number of aromatic amines is 2. The Bertz CT molecular complexity index is 1530. The van der Waals surface area contributed by atoms with Crippen molar-refractivity contribution < 1.29 is 22.9 Å². The van der Waals surface area contributed by atoms with E-state index >= 15 is 0 Å². The van der Waals surface area contributed by atoms with Crippen molar-refractivity contribution in [1.29, 1.82) is 0 Å². The molecule has 0 saturated heterocycles. The lowest BCUT2D eigenvalue weighted by Crippen LogP contribution is -2.53. The van der Waals surface area contributed by atoms with Gasteiger partial charge in [-0.15, -0.1) is 5.10 Å². The zero-order chi connectivity index (χ0) is 26.1. The number of ether oxygens (including phenoxy) is 1. The molecule has 1 amide bonds. The molecule has 1 aliphatic rings. The highest BCUT2D eigenvalue weighted by Crippen LogP contribution is 2.19. The third-order valence-corrected chi connectivity index (χ3v) is 6.62. The smallest absolute Gasteiger partial charge is 0.315 e. The van der Waals surface area contributed by atoms with Crippen molar-refractivity contribution in [3.05, 3.63) is 104 Å². The third kappa shape index (κ3) is 4.97. The molecule has 4 aromatic rings. The molecule has 0 saturated carbocycles. The lowest BCUT2D eigenvalue weighted by atomic mass is 10.0. The number of aromatic nitrogens is 5. The number of carbonyl (C=O) groups excluding carboxylic acids is 1. The number of H-pyrrole nitrogens is 2. The topological polar surface area (TPSA) is 108 Å². The van der Waals surface area contributed by atoms with Crippen LogP contribution in [0.2, 0.25) is 0 Å². The number of benzene rings is 2. The molecule has 0 bridgehead atoms. The van der Waals surface area contributed by atoms with Crippen LogP contribution in [0, 0.1) is 25.5 Å². The van der Waals surface area contributed by atoms with Crippen molar-refractivity contribution in [3.63, 3.8) is 0 Å². The number of hydrogen-bond acceptors (Lipinski definition) is 5. The fraction of sp³-hybridized carbons (Fsp3) is 0.269. The summed E-state index contributed by atoms with van der Waals surface area (Å²) < 4.78 is 35.4. The van der Waals surface area contributed by atoms with E-state index in [-0.39, 0.29) is 30.1 Å². The van der Waals surface area contributed by atoms with E-state index in [0.29, 0.717) is 53.7 Å². The maximum atomic E-state index is 14.7. The predicted octanol–water partition coefficient (Wildman–Crippen LogP) is 2.50. The van der Waals surface area contributed by atoms with Gasteiger partial charge >= 0.3 is 5.82 Å². The quantitative estimate of drug-likeness (QED) is 0.390. The number of fused-ring (bicyclic) bond motifs is 1. The van der Waals surface area contributed by atoms with Gasteiger partial charge in [0.2, 0.25) is 0 Å². The van der Waals surface area contributed by atoms with Crippen LogP contribution in [-0.4, -0.2) is 37.7 Å². The number of carbonyl (C=O) groups is 1. The van der Waals surface area contributed by atoms with Crippen molar-refractivity contribution >= 4 is 5.91 Å². The van der Waals surface area contributed by atoms with Crippen molar-refractivity contribution in [1.82, 2.24) is 25.3 Å². The van der Waals surface area contributed by atoms with Gasteiger partial charge in [-0.2, -0.15) is 5.10 Å². The van der Waals surface area contributed by atoms with Gasteiger partial charge in [0.25, 0.3) is 17.3 Å². The van der Waals surface area contributed by atoms with Gasteiger partial charge in [0, 0.05) is 17.1 Å². The summed E-state index contributed by atoms with van der Waals surface area (Å²) in [5.74, 6) is 0.475. The van der Waals surface area contributed by atoms with Crippen molar-refractivity contribution in [3.8, 4) is 5.75 Å². The third-order valence-electron chi connectivity index (χ3n) is 6.62. The van der Waals surface area contributed by atoms with E-state index in [1.54, 1.807) is 17.9 Å². The summed E-state index contributed by atoms with van der Waals surface area (Å²) in [5.41, 5.74) is 2.44. The first-order valence-corrected chi connectivity index (χ1v) is 11.8. The number of amides is 1. The van der Waals surface area contributed by atoms with Crippen LogP contribution in [0.15, 0.2) is 47.3 Å². The molecule has 2 aromatic carbocycles. The van der Waals surface area contributed by atoms with Crippen LogP contribution in [0.4, 0.5) is 8.78 Å². The number of hydrogen-bond donors (Lipinski definition) is 2. The summed E-state index contributed by atoms with van der Waals surface area (Å²) in [4.78, 5) is 26.6. The molecular weight excluding hydrogens is 482 g/mol. The first-order chi connectivity index (χ1) is 17.8. The van der Waals surface area contributed by atoms with E-state index in [9.17, 15) is 18.4 Å². The average Bonchev–Trinajstić information content (AvgIpc) is 3.31. The summed E-state index contributed by atoms with van der Waals surface area (Å²) >= 11 is 0. The van der Waals surface area contributed by atoms with Crippen molar-refractivity contribution in [2.45, 2.75) is 40.0 Å². The van der Waals surface area contributed by atoms with Gasteiger partial charge in [0.05, 0.1) is 24.3 Å². The second-order valence-corrected chi connectivity index (χ2v) is 8.95. The standard InChI is InChI=1S/C26H24F2N6O3/c1-15-16(2)25(35)32-29-22(15)12-17-3-8-21(28)20(11-17)26(36)33-9-10-34-23(13-33)30-31-24(34)14-37-19-6-4-18(27)5-7-19/h3-8,11H,9-10,12-14H2,1-2H3,(H,32,35)/p+1. The van der Waals surface area contributed by atoms with Gasteiger partial charge < -0.3 is 9.64 Å².